The predicted molar refractivity (Wildman–Crippen MR) is 56.7 cm³/mol. The van der Waals surface area contributed by atoms with Gasteiger partial charge < -0.3 is 5.32 Å². The lowest BCUT2D eigenvalue weighted by atomic mass is 10.2. The van der Waals surface area contributed by atoms with Crippen LogP contribution in [0.1, 0.15) is 17.3 Å². The average molecular weight is 257 g/mol. The summed E-state index contributed by atoms with van der Waals surface area (Å²) in [4.78, 5) is 25.9. The summed E-state index contributed by atoms with van der Waals surface area (Å²) in [6.45, 7) is 1.39. The van der Waals surface area contributed by atoms with E-state index in [1.165, 1.54) is 13.1 Å². The Bertz CT molecular complexity index is 366. The zero-order valence-corrected chi connectivity index (χ0v) is 9.17. The average Bonchev–Trinajstić information content (AvgIpc) is 2.16. The SMILES string of the molecule is CC(=O)Nc1cc(C(=O)CBr)ccn1. The van der Waals surface area contributed by atoms with Gasteiger partial charge in [-0.2, -0.15) is 0 Å². The molecule has 0 aliphatic heterocycles. The van der Waals surface area contributed by atoms with Crippen molar-refractivity contribution in [3.05, 3.63) is 23.9 Å². The molecule has 0 fully saturated rings. The van der Waals surface area contributed by atoms with Crippen molar-refractivity contribution in [2.75, 3.05) is 10.6 Å². The van der Waals surface area contributed by atoms with E-state index < -0.39 is 0 Å². The van der Waals surface area contributed by atoms with Crippen LogP contribution in [0.25, 0.3) is 0 Å². The molecular weight excluding hydrogens is 248 g/mol. The van der Waals surface area contributed by atoms with Crippen LogP contribution < -0.4 is 5.32 Å². The Morgan fingerprint density at radius 3 is 2.86 bits per heavy atom. The molecular formula is C9H9BrN2O2. The Kier molecular flexibility index (Phi) is 3.76. The second kappa shape index (κ2) is 4.85. The van der Waals surface area contributed by atoms with Crippen LogP contribution in [0.2, 0.25) is 0 Å². The molecule has 0 unspecified atom stereocenters. The number of anilines is 1. The largest absolute Gasteiger partial charge is 0.311 e. The van der Waals surface area contributed by atoms with Crippen molar-refractivity contribution < 1.29 is 9.59 Å². The Hall–Kier alpha value is -1.23. The lowest BCUT2D eigenvalue weighted by Crippen LogP contribution is -2.09. The zero-order chi connectivity index (χ0) is 10.6. The lowest BCUT2D eigenvalue weighted by molar-refractivity contribution is -0.114. The maximum absolute atomic E-state index is 11.3. The molecule has 0 spiro atoms. The minimum absolute atomic E-state index is 0.0426. The maximum Gasteiger partial charge on any atom is 0.222 e. The quantitative estimate of drug-likeness (QED) is 0.661. The minimum atomic E-state index is -0.207. The molecule has 0 saturated carbocycles. The molecule has 5 heteroatoms. The number of nitrogens with one attached hydrogen (secondary N) is 1. The number of rotatable bonds is 3. The molecule has 74 valence electrons. The summed E-state index contributed by atoms with van der Waals surface area (Å²) in [6, 6.07) is 3.15. The first-order valence-corrected chi connectivity index (χ1v) is 5.08. The van der Waals surface area contributed by atoms with E-state index in [1.807, 2.05) is 0 Å². The number of nitrogens with zero attached hydrogens (tertiary/aromatic N) is 1. The molecule has 0 radical (unpaired) electrons. The lowest BCUT2D eigenvalue weighted by Gasteiger charge is -2.02. The van der Waals surface area contributed by atoms with Crippen LogP contribution >= 0.6 is 15.9 Å². The van der Waals surface area contributed by atoms with Gasteiger partial charge in [0.2, 0.25) is 5.91 Å². The second-order valence-electron chi connectivity index (χ2n) is 2.67. The fourth-order valence-corrected chi connectivity index (χ4v) is 1.25. The van der Waals surface area contributed by atoms with Gasteiger partial charge in [0.1, 0.15) is 5.82 Å². The van der Waals surface area contributed by atoms with E-state index in [4.69, 9.17) is 0 Å². The van der Waals surface area contributed by atoms with Crippen molar-refractivity contribution in [2.24, 2.45) is 0 Å². The molecule has 0 atom stereocenters. The smallest absolute Gasteiger partial charge is 0.222 e. The number of carbonyl (C=O) groups excluding carboxylic acids is 2. The maximum atomic E-state index is 11.3. The van der Waals surface area contributed by atoms with Gasteiger partial charge in [-0.1, -0.05) is 15.9 Å². The number of aromatic nitrogens is 1. The number of hydrogen-bond acceptors (Lipinski definition) is 3. The standard InChI is InChI=1S/C9H9BrN2O2/c1-6(13)12-9-4-7(2-3-11-9)8(14)5-10/h2-4H,5H2,1H3,(H,11,12,13). The third-order valence-electron chi connectivity index (χ3n) is 1.51. The third kappa shape index (κ3) is 2.92. The second-order valence-corrected chi connectivity index (χ2v) is 3.23. The first kappa shape index (κ1) is 10.8. The van der Waals surface area contributed by atoms with Gasteiger partial charge in [-0.15, -0.1) is 0 Å². The van der Waals surface area contributed by atoms with Crippen molar-refractivity contribution in [3.63, 3.8) is 0 Å². The predicted octanol–water partition coefficient (Wildman–Crippen LogP) is 1.62. The summed E-state index contributed by atoms with van der Waals surface area (Å²) in [6.07, 6.45) is 1.49. The summed E-state index contributed by atoms with van der Waals surface area (Å²) in [5.74, 6) is 0.143. The molecule has 1 N–H and O–H groups in total. The first-order valence-electron chi connectivity index (χ1n) is 3.96. The number of amides is 1. The highest BCUT2D eigenvalue weighted by Crippen LogP contribution is 2.08. The molecule has 0 aliphatic carbocycles. The van der Waals surface area contributed by atoms with Crippen molar-refractivity contribution in [1.82, 2.24) is 4.98 Å². The number of carbonyl (C=O) groups is 2. The normalized spacial score (nSPS) is 9.57. The van der Waals surface area contributed by atoms with Crippen molar-refractivity contribution in [3.8, 4) is 0 Å². The molecule has 0 bridgehead atoms. The number of alkyl halides is 1. The van der Waals surface area contributed by atoms with Crippen LogP contribution in [0, 0.1) is 0 Å². The first-order chi connectivity index (χ1) is 6.63. The van der Waals surface area contributed by atoms with Crippen molar-refractivity contribution >= 4 is 33.4 Å². The fourth-order valence-electron chi connectivity index (χ4n) is 0.930. The van der Waals surface area contributed by atoms with E-state index in [-0.39, 0.29) is 17.0 Å². The monoisotopic (exact) mass is 256 g/mol. The number of pyridine rings is 1. The Balaban J connectivity index is 2.89. The van der Waals surface area contributed by atoms with Crippen LogP contribution in [0.3, 0.4) is 0 Å². The van der Waals surface area contributed by atoms with Crippen LogP contribution in [-0.4, -0.2) is 22.0 Å². The molecule has 1 aromatic rings. The van der Waals surface area contributed by atoms with Gasteiger partial charge in [0.15, 0.2) is 5.78 Å². The van der Waals surface area contributed by atoms with E-state index in [0.717, 1.165) is 0 Å². The van der Waals surface area contributed by atoms with E-state index in [9.17, 15) is 9.59 Å². The topological polar surface area (TPSA) is 59.1 Å². The van der Waals surface area contributed by atoms with E-state index in [1.54, 1.807) is 12.1 Å². The van der Waals surface area contributed by atoms with E-state index in [0.29, 0.717) is 11.4 Å². The number of halogens is 1. The minimum Gasteiger partial charge on any atom is -0.311 e. The number of Topliss-reactive ketones (excluding diaryl/α,β-unsaturated/α-hetero) is 1. The molecule has 1 heterocycles. The van der Waals surface area contributed by atoms with Crippen LogP contribution in [-0.2, 0) is 4.79 Å². The van der Waals surface area contributed by atoms with Gasteiger partial charge in [0.05, 0.1) is 5.33 Å². The van der Waals surface area contributed by atoms with Gasteiger partial charge >= 0.3 is 0 Å². The summed E-state index contributed by atoms with van der Waals surface area (Å²) >= 11 is 3.07. The summed E-state index contributed by atoms with van der Waals surface area (Å²) in [5, 5.41) is 2.77. The molecule has 0 aromatic carbocycles. The van der Waals surface area contributed by atoms with E-state index in [2.05, 4.69) is 26.2 Å². The molecule has 1 aromatic heterocycles. The van der Waals surface area contributed by atoms with Gasteiger partial charge in [-0.05, 0) is 12.1 Å². The molecule has 1 amide bonds. The highest BCUT2D eigenvalue weighted by Gasteiger charge is 2.05. The van der Waals surface area contributed by atoms with Gasteiger partial charge in [0, 0.05) is 18.7 Å². The van der Waals surface area contributed by atoms with Crippen LogP contribution in [0.5, 0.6) is 0 Å². The third-order valence-corrected chi connectivity index (χ3v) is 2.02. The molecule has 0 aliphatic rings. The molecule has 1 rings (SSSR count). The van der Waals surface area contributed by atoms with Gasteiger partial charge in [-0.3, -0.25) is 9.59 Å². The fraction of sp³-hybridized carbons (Fsp3) is 0.222. The van der Waals surface area contributed by atoms with Gasteiger partial charge in [0.25, 0.3) is 0 Å². The van der Waals surface area contributed by atoms with Crippen molar-refractivity contribution in [2.45, 2.75) is 6.92 Å². The highest BCUT2D eigenvalue weighted by atomic mass is 79.9. The summed E-state index contributed by atoms with van der Waals surface area (Å²) < 4.78 is 0. The highest BCUT2D eigenvalue weighted by molar-refractivity contribution is 9.09. The molecule has 14 heavy (non-hydrogen) atoms. The van der Waals surface area contributed by atoms with Gasteiger partial charge in [-0.25, -0.2) is 4.98 Å². The Morgan fingerprint density at radius 2 is 2.29 bits per heavy atom. The van der Waals surface area contributed by atoms with Crippen LogP contribution in [0.15, 0.2) is 18.3 Å². The number of ketones is 1. The summed E-state index contributed by atoms with van der Waals surface area (Å²) in [7, 11) is 0. The summed E-state index contributed by atoms with van der Waals surface area (Å²) in [5.41, 5.74) is 0.528. The number of hydrogen-bond donors (Lipinski definition) is 1. The van der Waals surface area contributed by atoms with E-state index >= 15 is 0 Å². The van der Waals surface area contributed by atoms with Crippen molar-refractivity contribution in [1.29, 1.82) is 0 Å². The molecule has 0 saturated heterocycles. The Labute approximate surface area is 89.9 Å². The molecule has 4 nitrogen and oxygen atoms in total. The zero-order valence-electron chi connectivity index (χ0n) is 7.58. The Morgan fingerprint density at radius 1 is 1.57 bits per heavy atom. The van der Waals surface area contributed by atoms with Crippen LogP contribution in [0.4, 0.5) is 5.82 Å².